The zero-order valence-corrected chi connectivity index (χ0v) is 21.3. The Hall–Kier alpha value is -1.73. The van der Waals surface area contributed by atoms with Gasteiger partial charge in [-0.2, -0.15) is 18.3 Å². The number of sulfone groups is 1. The number of nitrogens with zero attached hydrogens (tertiary/aromatic N) is 3. The summed E-state index contributed by atoms with van der Waals surface area (Å²) in [5.41, 5.74) is -2.22. The van der Waals surface area contributed by atoms with Crippen LogP contribution in [0.3, 0.4) is 0 Å². The highest BCUT2D eigenvalue weighted by atomic mass is 35.5. The highest BCUT2D eigenvalue weighted by Crippen LogP contribution is 2.45. The van der Waals surface area contributed by atoms with E-state index in [0.717, 1.165) is 23.5 Å². The van der Waals surface area contributed by atoms with Crippen LogP contribution < -0.4 is 0 Å². The Morgan fingerprint density at radius 3 is 2.41 bits per heavy atom. The van der Waals surface area contributed by atoms with Crippen LogP contribution >= 0.6 is 23.7 Å². The van der Waals surface area contributed by atoms with Crippen molar-refractivity contribution in [2.45, 2.75) is 63.3 Å². The number of aliphatic hydroxyl groups is 2. The minimum absolute atomic E-state index is 0. The van der Waals surface area contributed by atoms with Crippen molar-refractivity contribution in [2.24, 2.45) is 5.41 Å². The molecular weight excluding hydrogens is 515 g/mol. The molecule has 0 aliphatic heterocycles. The summed E-state index contributed by atoms with van der Waals surface area (Å²) < 4.78 is 69.0. The molecule has 0 radical (unpaired) electrons. The molecule has 1 aliphatic carbocycles. The Labute approximate surface area is 205 Å². The molecule has 0 bridgehead atoms. The summed E-state index contributed by atoms with van der Waals surface area (Å²) >= 11 is 1.14. The molecule has 3 aromatic rings. The SMILES string of the molecule is Cc1nc2sc(C(C)(C)O)nn2c1-c1ccc(C(F)(F)F)c(S(=O)(=O)CC2(C)CC(O)C2)c1.Cl. The summed E-state index contributed by atoms with van der Waals surface area (Å²) in [6.45, 7) is 6.41. The van der Waals surface area contributed by atoms with Crippen molar-refractivity contribution in [1.82, 2.24) is 14.6 Å². The smallest absolute Gasteiger partial charge is 0.393 e. The number of imidazole rings is 1. The van der Waals surface area contributed by atoms with E-state index in [4.69, 9.17) is 0 Å². The number of aliphatic hydroxyl groups excluding tert-OH is 1. The molecule has 188 valence electrons. The first-order valence-electron chi connectivity index (χ1n) is 10.2. The van der Waals surface area contributed by atoms with Gasteiger partial charge in [-0.25, -0.2) is 17.9 Å². The highest BCUT2D eigenvalue weighted by molar-refractivity contribution is 7.91. The van der Waals surface area contributed by atoms with E-state index in [0.29, 0.717) is 21.4 Å². The lowest BCUT2D eigenvalue weighted by molar-refractivity contribution is -0.139. The van der Waals surface area contributed by atoms with E-state index in [1.165, 1.54) is 10.6 Å². The van der Waals surface area contributed by atoms with Crippen molar-refractivity contribution >= 4 is 38.5 Å². The van der Waals surface area contributed by atoms with Gasteiger partial charge in [0, 0.05) is 5.56 Å². The van der Waals surface area contributed by atoms with E-state index in [1.54, 1.807) is 27.7 Å². The Bertz CT molecular complexity index is 1340. The number of benzene rings is 1. The van der Waals surface area contributed by atoms with Gasteiger partial charge in [-0.1, -0.05) is 24.3 Å². The molecule has 7 nitrogen and oxygen atoms in total. The molecule has 0 saturated heterocycles. The Kier molecular flexibility index (Phi) is 6.67. The number of hydrogen-bond donors (Lipinski definition) is 2. The lowest BCUT2D eigenvalue weighted by Gasteiger charge is -2.42. The van der Waals surface area contributed by atoms with Crippen LogP contribution in [0.15, 0.2) is 23.1 Å². The van der Waals surface area contributed by atoms with Crippen LogP contribution in [-0.4, -0.2) is 45.1 Å². The first-order chi connectivity index (χ1) is 15.0. The summed E-state index contributed by atoms with van der Waals surface area (Å²) in [4.78, 5) is 4.01. The molecule has 4 rings (SSSR count). The molecule has 13 heteroatoms. The van der Waals surface area contributed by atoms with Gasteiger partial charge in [0.2, 0.25) is 4.96 Å². The largest absolute Gasteiger partial charge is 0.417 e. The third-order valence-corrected chi connectivity index (χ3v) is 9.10. The average molecular weight is 540 g/mol. The van der Waals surface area contributed by atoms with Gasteiger partial charge in [0.05, 0.1) is 33.7 Å². The van der Waals surface area contributed by atoms with Crippen molar-refractivity contribution in [3.63, 3.8) is 0 Å². The standard InChI is InChI=1S/C21H24F3N3O4S2.ClH/c1-11-16(27-18(25-11)32-17(26-27)19(2,3)29)12-5-6-14(21(22,23)24)15(7-12)33(30,31)10-20(4)8-13(28)9-20;/h5-7,13,28-29H,8-10H2,1-4H3;1H. The van der Waals surface area contributed by atoms with Gasteiger partial charge in [0.1, 0.15) is 10.6 Å². The number of halogens is 4. The minimum Gasteiger partial charge on any atom is -0.393 e. The number of hydrogen-bond acceptors (Lipinski definition) is 7. The summed E-state index contributed by atoms with van der Waals surface area (Å²) in [7, 11) is -4.33. The molecule has 1 fully saturated rings. The van der Waals surface area contributed by atoms with Gasteiger partial charge in [-0.15, -0.1) is 12.4 Å². The van der Waals surface area contributed by atoms with Crippen LogP contribution in [0.4, 0.5) is 13.2 Å². The first kappa shape index (κ1) is 26.9. The Morgan fingerprint density at radius 2 is 1.88 bits per heavy atom. The predicted molar refractivity (Wildman–Crippen MR) is 124 cm³/mol. The van der Waals surface area contributed by atoms with Gasteiger partial charge < -0.3 is 10.2 Å². The molecule has 0 unspecified atom stereocenters. The number of alkyl halides is 3. The first-order valence-corrected chi connectivity index (χ1v) is 12.7. The van der Waals surface area contributed by atoms with Gasteiger partial charge >= 0.3 is 6.18 Å². The molecule has 1 aromatic carbocycles. The van der Waals surface area contributed by atoms with Crippen molar-refractivity contribution in [2.75, 3.05) is 5.75 Å². The molecule has 1 saturated carbocycles. The summed E-state index contributed by atoms with van der Waals surface area (Å²) in [6.07, 6.45) is -5.07. The summed E-state index contributed by atoms with van der Waals surface area (Å²) in [6, 6.07) is 2.99. The number of fused-ring (bicyclic) bond motifs is 1. The van der Waals surface area contributed by atoms with E-state index >= 15 is 0 Å². The number of aryl methyl sites for hydroxylation is 1. The van der Waals surface area contributed by atoms with Crippen LogP contribution in [0.1, 0.15) is 49.9 Å². The van der Waals surface area contributed by atoms with Crippen molar-refractivity contribution < 1.29 is 31.8 Å². The van der Waals surface area contributed by atoms with Gasteiger partial charge in [-0.3, -0.25) is 0 Å². The van der Waals surface area contributed by atoms with E-state index < -0.39 is 49.3 Å². The molecule has 2 aromatic heterocycles. The van der Waals surface area contributed by atoms with E-state index in [-0.39, 0.29) is 30.8 Å². The van der Waals surface area contributed by atoms with Crippen LogP contribution in [-0.2, 0) is 21.6 Å². The van der Waals surface area contributed by atoms with Crippen LogP contribution in [0.5, 0.6) is 0 Å². The molecule has 0 atom stereocenters. The van der Waals surface area contributed by atoms with Gasteiger partial charge in [0.25, 0.3) is 0 Å². The van der Waals surface area contributed by atoms with Crippen LogP contribution in [0, 0.1) is 12.3 Å². The zero-order chi connectivity index (χ0) is 24.6. The van der Waals surface area contributed by atoms with Gasteiger partial charge in [-0.05, 0) is 51.2 Å². The minimum atomic E-state index is -4.86. The highest BCUT2D eigenvalue weighted by Gasteiger charge is 2.45. The maximum absolute atomic E-state index is 13.8. The average Bonchev–Trinajstić information content (AvgIpc) is 3.15. The molecule has 2 heterocycles. The maximum atomic E-state index is 13.8. The summed E-state index contributed by atoms with van der Waals surface area (Å²) in [5.74, 6) is -0.496. The fraction of sp³-hybridized carbons (Fsp3) is 0.524. The van der Waals surface area contributed by atoms with Gasteiger partial charge in [0.15, 0.2) is 9.84 Å². The predicted octanol–water partition coefficient (Wildman–Crippen LogP) is 4.37. The fourth-order valence-electron chi connectivity index (χ4n) is 4.32. The Morgan fingerprint density at radius 1 is 1.26 bits per heavy atom. The quantitative estimate of drug-likeness (QED) is 0.499. The third-order valence-electron chi connectivity index (χ3n) is 5.79. The maximum Gasteiger partial charge on any atom is 0.417 e. The molecular formula is C21H25ClF3N3O4S2. The molecule has 0 spiro atoms. The lowest BCUT2D eigenvalue weighted by Crippen LogP contribution is -2.43. The van der Waals surface area contributed by atoms with E-state index in [2.05, 4.69) is 10.1 Å². The van der Waals surface area contributed by atoms with E-state index in [1.807, 2.05) is 0 Å². The van der Waals surface area contributed by atoms with Crippen molar-refractivity contribution in [3.05, 3.63) is 34.5 Å². The Balaban J connectivity index is 0.00000324. The summed E-state index contributed by atoms with van der Waals surface area (Å²) in [5, 5.41) is 24.6. The number of rotatable bonds is 5. The second kappa shape index (κ2) is 8.44. The molecule has 34 heavy (non-hydrogen) atoms. The van der Waals surface area contributed by atoms with Crippen LogP contribution in [0.2, 0.25) is 0 Å². The molecule has 1 aliphatic rings. The normalized spacial score (nSPS) is 21.4. The van der Waals surface area contributed by atoms with Crippen molar-refractivity contribution in [1.29, 1.82) is 0 Å². The second-order valence-electron chi connectivity index (χ2n) is 9.55. The topological polar surface area (TPSA) is 105 Å². The molecule has 2 N–H and O–H groups in total. The lowest BCUT2D eigenvalue weighted by atomic mass is 9.70. The number of aromatic nitrogens is 3. The third kappa shape index (κ3) is 4.83. The monoisotopic (exact) mass is 539 g/mol. The fourth-order valence-corrected chi connectivity index (χ4v) is 7.40. The van der Waals surface area contributed by atoms with E-state index in [9.17, 15) is 31.8 Å². The van der Waals surface area contributed by atoms with Crippen LogP contribution in [0.25, 0.3) is 16.2 Å². The second-order valence-corrected chi connectivity index (χ2v) is 12.5. The van der Waals surface area contributed by atoms with Crippen molar-refractivity contribution in [3.8, 4) is 11.3 Å². The zero-order valence-electron chi connectivity index (χ0n) is 18.8. The molecule has 0 amide bonds.